The van der Waals surface area contributed by atoms with Crippen LogP contribution in [0.3, 0.4) is 0 Å². The lowest BCUT2D eigenvalue weighted by Gasteiger charge is -2.18. The Labute approximate surface area is 103 Å². The van der Waals surface area contributed by atoms with Crippen LogP contribution in [-0.4, -0.2) is 17.3 Å². The van der Waals surface area contributed by atoms with Gasteiger partial charge < -0.3 is 10.4 Å². The molecule has 0 radical (unpaired) electrons. The molecule has 2 atom stereocenters. The molecule has 2 N–H and O–H groups in total. The van der Waals surface area contributed by atoms with E-state index in [1.165, 1.54) is 0 Å². The molecule has 0 heterocycles. The van der Waals surface area contributed by atoms with Crippen molar-refractivity contribution in [1.29, 1.82) is 0 Å². The van der Waals surface area contributed by atoms with Gasteiger partial charge in [-0.25, -0.2) is 0 Å². The fourth-order valence-electron chi connectivity index (χ4n) is 0.972. The molecule has 0 aliphatic carbocycles. The van der Waals surface area contributed by atoms with Gasteiger partial charge >= 0.3 is 0 Å². The summed E-state index contributed by atoms with van der Waals surface area (Å²) in [4.78, 5) is 0. The predicted molar refractivity (Wildman–Crippen MR) is 68.9 cm³/mol. The van der Waals surface area contributed by atoms with E-state index in [9.17, 15) is 5.11 Å². The van der Waals surface area contributed by atoms with Crippen LogP contribution >= 0.6 is 34.2 Å². The van der Waals surface area contributed by atoms with Gasteiger partial charge in [0.2, 0.25) is 0 Å². The van der Waals surface area contributed by atoms with Crippen LogP contribution in [0, 0.1) is 3.57 Å². The zero-order valence-corrected chi connectivity index (χ0v) is 11.0. The van der Waals surface area contributed by atoms with E-state index < -0.39 is 6.10 Å². The summed E-state index contributed by atoms with van der Waals surface area (Å²) in [5, 5.41) is 13.2. The first kappa shape index (κ1) is 12.1. The first-order chi connectivity index (χ1) is 6.50. The second-order valence-electron chi connectivity index (χ2n) is 3.30. The average molecular weight is 326 g/mol. The van der Waals surface area contributed by atoms with Crippen LogP contribution < -0.4 is 5.32 Å². The van der Waals surface area contributed by atoms with Crippen molar-refractivity contribution in [1.82, 2.24) is 0 Å². The lowest BCUT2D eigenvalue weighted by molar-refractivity contribution is 0.178. The van der Waals surface area contributed by atoms with Gasteiger partial charge in [-0.15, -0.1) is 0 Å². The number of nitrogens with one attached hydrogen (secondary N) is 1. The van der Waals surface area contributed by atoms with Gasteiger partial charge in [-0.05, 0) is 54.6 Å². The molecule has 4 heteroatoms. The highest BCUT2D eigenvalue weighted by Gasteiger charge is 2.09. The molecular weight excluding hydrogens is 312 g/mol. The summed E-state index contributed by atoms with van der Waals surface area (Å²) >= 11 is 8.24. The van der Waals surface area contributed by atoms with Crippen LogP contribution in [0.4, 0.5) is 5.69 Å². The van der Waals surface area contributed by atoms with E-state index in [0.29, 0.717) is 5.02 Å². The molecule has 1 aromatic rings. The van der Waals surface area contributed by atoms with Crippen LogP contribution in [0.5, 0.6) is 0 Å². The van der Waals surface area contributed by atoms with E-state index in [0.717, 1.165) is 9.26 Å². The molecule has 0 aromatic heterocycles. The van der Waals surface area contributed by atoms with E-state index in [4.69, 9.17) is 11.6 Å². The van der Waals surface area contributed by atoms with E-state index in [1.807, 2.05) is 25.1 Å². The molecule has 0 spiro atoms. The maximum Gasteiger partial charge on any atom is 0.0710 e. The summed E-state index contributed by atoms with van der Waals surface area (Å²) in [5.41, 5.74) is 0.862. The molecule has 0 bridgehead atoms. The SMILES string of the molecule is CC(O)C(C)Nc1ccc(I)cc1Cl. The zero-order chi connectivity index (χ0) is 10.7. The molecule has 0 fully saturated rings. The predicted octanol–water partition coefficient (Wildman–Crippen LogP) is 3.13. The molecule has 2 unspecified atom stereocenters. The van der Waals surface area contributed by atoms with Gasteiger partial charge in [0, 0.05) is 9.61 Å². The van der Waals surface area contributed by atoms with Crippen molar-refractivity contribution in [3.63, 3.8) is 0 Å². The molecule has 78 valence electrons. The smallest absolute Gasteiger partial charge is 0.0710 e. The topological polar surface area (TPSA) is 32.3 Å². The fourth-order valence-corrected chi connectivity index (χ4v) is 1.88. The third kappa shape index (κ3) is 3.29. The minimum atomic E-state index is -0.398. The number of aliphatic hydroxyl groups is 1. The van der Waals surface area contributed by atoms with Crippen LogP contribution in [0.2, 0.25) is 5.02 Å². The highest BCUT2D eigenvalue weighted by atomic mass is 127. The van der Waals surface area contributed by atoms with Gasteiger partial charge in [0.15, 0.2) is 0 Å². The summed E-state index contributed by atoms with van der Waals surface area (Å²) in [6, 6.07) is 5.78. The van der Waals surface area contributed by atoms with Crippen molar-refractivity contribution >= 4 is 39.9 Å². The van der Waals surface area contributed by atoms with Crippen molar-refractivity contribution < 1.29 is 5.11 Å². The molecule has 1 rings (SSSR count). The standard InChI is InChI=1S/C10H13ClINO/c1-6(7(2)14)13-10-4-3-8(12)5-9(10)11/h3-7,13-14H,1-2H3. The van der Waals surface area contributed by atoms with Crippen LogP contribution in [0.15, 0.2) is 18.2 Å². The van der Waals surface area contributed by atoms with Gasteiger partial charge in [-0.1, -0.05) is 11.6 Å². The normalized spacial score (nSPS) is 14.9. The summed E-state index contributed by atoms with van der Waals surface area (Å²) in [6.45, 7) is 3.66. The quantitative estimate of drug-likeness (QED) is 0.837. The Kier molecular flexibility index (Phi) is 4.47. The first-order valence-electron chi connectivity index (χ1n) is 4.40. The molecule has 0 aliphatic heterocycles. The maximum absolute atomic E-state index is 9.32. The first-order valence-corrected chi connectivity index (χ1v) is 5.86. The third-order valence-corrected chi connectivity index (χ3v) is 3.02. The van der Waals surface area contributed by atoms with Crippen LogP contribution in [-0.2, 0) is 0 Å². The Morgan fingerprint density at radius 3 is 2.57 bits per heavy atom. The summed E-state index contributed by atoms with van der Waals surface area (Å²) < 4.78 is 1.10. The Morgan fingerprint density at radius 1 is 1.43 bits per heavy atom. The molecule has 0 saturated heterocycles. The maximum atomic E-state index is 9.32. The van der Waals surface area contributed by atoms with Crippen molar-refractivity contribution in [2.45, 2.75) is 26.0 Å². The van der Waals surface area contributed by atoms with Gasteiger partial charge in [0.25, 0.3) is 0 Å². The minimum absolute atomic E-state index is 0.00689. The zero-order valence-electron chi connectivity index (χ0n) is 8.09. The number of hydrogen-bond donors (Lipinski definition) is 2. The molecule has 0 saturated carbocycles. The van der Waals surface area contributed by atoms with Crippen molar-refractivity contribution in [3.05, 3.63) is 26.8 Å². The lowest BCUT2D eigenvalue weighted by Crippen LogP contribution is -2.27. The summed E-state index contributed by atoms with van der Waals surface area (Å²) in [6.07, 6.45) is -0.398. The Hall–Kier alpha value is -0.0000000000000000555. The van der Waals surface area contributed by atoms with Gasteiger partial charge in [0.05, 0.1) is 16.8 Å². The van der Waals surface area contributed by atoms with Crippen LogP contribution in [0.25, 0.3) is 0 Å². The van der Waals surface area contributed by atoms with E-state index >= 15 is 0 Å². The summed E-state index contributed by atoms with van der Waals surface area (Å²) in [5.74, 6) is 0. The number of anilines is 1. The van der Waals surface area contributed by atoms with Crippen molar-refractivity contribution in [2.75, 3.05) is 5.32 Å². The number of aliphatic hydroxyl groups excluding tert-OH is 1. The Bertz CT molecular complexity index is 317. The molecular formula is C10H13ClINO. The molecule has 0 amide bonds. The Morgan fingerprint density at radius 2 is 2.07 bits per heavy atom. The number of benzene rings is 1. The summed E-state index contributed by atoms with van der Waals surface area (Å²) in [7, 11) is 0. The molecule has 0 aliphatic rings. The van der Waals surface area contributed by atoms with E-state index in [2.05, 4.69) is 27.9 Å². The third-order valence-electron chi connectivity index (χ3n) is 2.04. The highest BCUT2D eigenvalue weighted by Crippen LogP contribution is 2.24. The number of hydrogen-bond acceptors (Lipinski definition) is 2. The second kappa shape index (κ2) is 5.19. The van der Waals surface area contributed by atoms with Gasteiger partial charge in [0.1, 0.15) is 0 Å². The van der Waals surface area contributed by atoms with Crippen molar-refractivity contribution in [2.24, 2.45) is 0 Å². The Balaban J connectivity index is 2.77. The van der Waals surface area contributed by atoms with Gasteiger partial charge in [-0.3, -0.25) is 0 Å². The van der Waals surface area contributed by atoms with Gasteiger partial charge in [-0.2, -0.15) is 0 Å². The minimum Gasteiger partial charge on any atom is -0.391 e. The van der Waals surface area contributed by atoms with Crippen LogP contribution in [0.1, 0.15) is 13.8 Å². The van der Waals surface area contributed by atoms with Crippen molar-refractivity contribution in [3.8, 4) is 0 Å². The lowest BCUT2D eigenvalue weighted by atomic mass is 10.2. The fraction of sp³-hybridized carbons (Fsp3) is 0.400. The van der Waals surface area contributed by atoms with E-state index in [1.54, 1.807) is 6.92 Å². The monoisotopic (exact) mass is 325 g/mol. The largest absolute Gasteiger partial charge is 0.391 e. The van der Waals surface area contributed by atoms with E-state index in [-0.39, 0.29) is 6.04 Å². The number of halogens is 2. The second-order valence-corrected chi connectivity index (χ2v) is 4.95. The molecule has 14 heavy (non-hydrogen) atoms. The number of rotatable bonds is 3. The molecule has 2 nitrogen and oxygen atoms in total. The molecule has 1 aromatic carbocycles. The highest BCUT2D eigenvalue weighted by molar-refractivity contribution is 14.1. The average Bonchev–Trinajstić information content (AvgIpc) is 2.09.